The van der Waals surface area contributed by atoms with E-state index in [2.05, 4.69) is 52.2 Å². The van der Waals surface area contributed by atoms with Gasteiger partial charge in [0, 0.05) is 15.7 Å². The minimum Gasteiger partial charge on any atom is -0.436 e. The first kappa shape index (κ1) is 19.4. The van der Waals surface area contributed by atoms with Crippen molar-refractivity contribution >= 4 is 38.6 Å². The number of oxazole rings is 1. The summed E-state index contributed by atoms with van der Waals surface area (Å²) in [4.78, 5) is 17.4. The van der Waals surface area contributed by atoms with Crippen LogP contribution in [0.3, 0.4) is 0 Å². The van der Waals surface area contributed by atoms with E-state index in [-0.39, 0.29) is 5.91 Å². The average molecular weight is 449 g/mol. The Morgan fingerprint density at radius 1 is 1.07 bits per heavy atom. The molecule has 0 aliphatic carbocycles. The van der Waals surface area contributed by atoms with Crippen molar-refractivity contribution in [3.8, 4) is 11.5 Å². The Morgan fingerprint density at radius 2 is 1.86 bits per heavy atom. The van der Waals surface area contributed by atoms with E-state index in [9.17, 15) is 4.79 Å². The van der Waals surface area contributed by atoms with Crippen molar-refractivity contribution < 1.29 is 9.21 Å². The normalized spacial score (nSPS) is 11.2. The summed E-state index contributed by atoms with van der Waals surface area (Å²) in [5, 5.41) is 3.00. The minimum absolute atomic E-state index is 0.170. The molecule has 146 valence electrons. The van der Waals surface area contributed by atoms with Gasteiger partial charge >= 0.3 is 0 Å². The highest BCUT2D eigenvalue weighted by molar-refractivity contribution is 9.10. The number of fused-ring (bicyclic) bond motifs is 1. The third-order valence-corrected chi connectivity index (χ3v) is 5.62. The quantitative estimate of drug-likeness (QED) is 0.367. The first-order valence-electron chi connectivity index (χ1n) is 9.50. The van der Waals surface area contributed by atoms with Gasteiger partial charge in [0.2, 0.25) is 5.89 Å². The van der Waals surface area contributed by atoms with Gasteiger partial charge in [0.1, 0.15) is 5.52 Å². The van der Waals surface area contributed by atoms with Crippen molar-refractivity contribution in [3.63, 3.8) is 0 Å². The second kappa shape index (κ2) is 7.84. The summed E-state index contributed by atoms with van der Waals surface area (Å²) in [6.07, 6.45) is 0. The summed E-state index contributed by atoms with van der Waals surface area (Å²) in [5.41, 5.74) is 5.92. The molecule has 0 saturated carbocycles. The standard InChI is InChI=1S/C24H21BrN2O2/c1-14(2)16-10-11-22-21(12-16)27-24(29-22)17-9-8-15(3)20(13-17)26-23(28)18-6-4-5-7-19(18)25/h4-14H,1-3H3,(H,26,28). The van der Waals surface area contributed by atoms with Crippen LogP contribution in [0.25, 0.3) is 22.6 Å². The molecule has 0 unspecified atom stereocenters. The number of aryl methyl sites for hydroxylation is 1. The number of carbonyl (C=O) groups is 1. The molecular formula is C24H21BrN2O2. The second-order valence-electron chi connectivity index (χ2n) is 7.36. The molecule has 1 aromatic heterocycles. The van der Waals surface area contributed by atoms with E-state index in [0.717, 1.165) is 32.4 Å². The van der Waals surface area contributed by atoms with Crippen LogP contribution >= 0.6 is 15.9 Å². The van der Waals surface area contributed by atoms with E-state index < -0.39 is 0 Å². The Hall–Kier alpha value is -2.92. The van der Waals surface area contributed by atoms with Crippen LogP contribution in [0.2, 0.25) is 0 Å². The predicted molar refractivity (Wildman–Crippen MR) is 120 cm³/mol. The monoisotopic (exact) mass is 448 g/mol. The molecule has 3 aromatic carbocycles. The van der Waals surface area contributed by atoms with E-state index in [1.54, 1.807) is 6.07 Å². The van der Waals surface area contributed by atoms with Gasteiger partial charge in [-0.1, -0.05) is 38.1 Å². The highest BCUT2D eigenvalue weighted by Gasteiger charge is 2.14. The lowest BCUT2D eigenvalue weighted by molar-refractivity contribution is 0.102. The third kappa shape index (κ3) is 3.96. The topological polar surface area (TPSA) is 55.1 Å². The van der Waals surface area contributed by atoms with Gasteiger partial charge in [-0.05, 0) is 76.3 Å². The Labute approximate surface area is 178 Å². The molecule has 0 aliphatic rings. The molecule has 0 atom stereocenters. The number of anilines is 1. The van der Waals surface area contributed by atoms with Gasteiger partial charge in [-0.25, -0.2) is 4.98 Å². The predicted octanol–water partition coefficient (Wildman–Crippen LogP) is 6.94. The van der Waals surface area contributed by atoms with Gasteiger partial charge in [0.25, 0.3) is 5.91 Å². The molecule has 0 saturated heterocycles. The zero-order valence-electron chi connectivity index (χ0n) is 16.5. The number of rotatable bonds is 4. The molecule has 5 heteroatoms. The molecule has 0 spiro atoms. The molecule has 1 amide bonds. The van der Waals surface area contributed by atoms with Crippen LogP contribution in [0.1, 0.15) is 41.3 Å². The number of halogens is 1. The number of amides is 1. The largest absolute Gasteiger partial charge is 0.436 e. The molecule has 29 heavy (non-hydrogen) atoms. The Kier molecular flexibility index (Phi) is 5.24. The number of nitrogens with one attached hydrogen (secondary N) is 1. The lowest BCUT2D eigenvalue weighted by Crippen LogP contribution is -2.13. The number of hydrogen-bond acceptors (Lipinski definition) is 3. The van der Waals surface area contributed by atoms with E-state index in [1.807, 2.05) is 49.4 Å². The fraction of sp³-hybridized carbons (Fsp3) is 0.167. The highest BCUT2D eigenvalue weighted by atomic mass is 79.9. The average Bonchev–Trinajstić information content (AvgIpc) is 3.13. The van der Waals surface area contributed by atoms with Crippen molar-refractivity contribution in [1.29, 1.82) is 0 Å². The van der Waals surface area contributed by atoms with Gasteiger partial charge in [0.05, 0.1) is 5.56 Å². The highest BCUT2D eigenvalue weighted by Crippen LogP contribution is 2.30. The summed E-state index contributed by atoms with van der Waals surface area (Å²) in [7, 11) is 0. The van der Waals surface area contributed by atoms with E-state index >= 15 is 0 Å². The first-order chi connectivity index (χ1) is 13.9. The second-order valence-corrected chi connectivity index (χ2v) is 8.22. The summed E-state index contributed by atoms with van der Waals surface area (Å²) in [6, 6.07) is 19.3. The number of carbonyl (C=O) groups excluding carboxylic acids is 1. The molecule has 4 rings (SSSR count). The van der Waals surface area contributed by atoms with Crippen molar-refractivity contribution in [1.82, 2.24) is 4.98 Å². The molecule has 0 radical (unpaired) electrons. The lowest BCUT2D eigenvalue weighted by atomic mass is 10.0. The maximum atomic E-state index is 12.7. The van der Waals surface area contributed by atoms with E-state index in [0.29, 0.717) is 17.4 Å². The fourth-order valence-corrected chi connectivity index (χ4v) is 3.62. The number of hydrogen-bond donors (Lipinski definition) is 1. The van der Waals surface area contributed by atoms with Crippen molar-refractivity contribution in [2.75, 3.05) is 5.32 Å². The molecule has 0 bridgehead atoms. The van der Waals surface area contributed by atoms with Crippen LogP contribution in [-0.4, -0.2) is 10.9 Å². The van der Waals surface area contributed by atoms with Crippen molar-refractivity contribution in [2.45, 2.75) is 26.7 Å². The fourth-order valence-electron chi connectivity index (χ4n) is 3.15. The van der Waals surface area contributed by atoms with Gasteiger partial charge in [-0.3, -0.25) is 4.79 Å². The number of benzene rings is 3. The number of aromatic nitrogens is 1. The zero-order chi connectivity index (χ0) is 20.5. The first-order valence-corrected chi connectivity index (χ1v) is 10.3. The van der Waals surface area contributed by atoms with E-state index in [1.165, 1.54) is 5.56 Å². The van der Waals surface area contributed by atoms with Crippen LogP contribution < -0.4 is 5.32 Å². The zero-order valence-corrected chi connectivity index (χ0v) is 18.1. The van der Waals surface area contributed by atoms with Crippen LogP contribution in [0, 0.1) is 6.92 Å². The van der Waals surface area contributed by atoms with Crippen molar-refractivity contribution in [2.24, 2.45) is 0 Å². The summed E-state index contributed by atoms with van der Waals surface area (Å²) in [6.45, 7) is 6.27. The Balaban J connectivity index is 1.67. The molecular weight excluding hydrogens is 428 g/mol. The van der Waals surface area contributed by atoms with Gasteiger partial charge < -0.3 is 9.73 Å². The van der Waals surface area contributed by atoms with Gasteiger partial charge in [0.15, 0.2) is 5.58 Å². The van der Waals surface area contributed by atoms with Crippen LogP contribution in [0.4, 0.5) is 5.69 Å². The van der Waals surface area contributed by atoms with Gasteiger partial charge in [-0.2, -0.15) is 0 Å². The van der Waals surface area contributed by atoms with Crippen molar-refractivity contribution in [3.05, 3.63) is 81.8 Å². The van der Waals surface area contributed by atoms with E-state index in [4.69, 9.17) is 4.42 Å². The Morgan fingerprint density at radius 3 is 2.62 bits per heavy atom. The molecule has 1 heterocycles. The SMILES string of the molecule is Cc1ccc(-c2nc3cc(C(C)C)ccc3o2)cc1NC(=O)c1ccccc1Br. The third-order valence-electron chi connectivity index (χ3n) is 4.93. The summed E-state index contributed by atoms with van der Waals surface area (Å²) in [5.74, 6) is 0.798. The van der Waals surface area contributed by atoms with Crippen LogP contribution in [0.15, 0.2) is 69.6 Å². The molecule has 4 aromatic rings. The minimum atomic E-state index is -0.170. The lowest BCUT2D eigenvalue weighted by Gasteiger charge is -2.10. The van der Waals surface area contributed by atoms with Gasteiger partial charge in [-0.15, -0.1) is 0 Å². The summed E-state index contributed by atoms with van der Waals surface area (Å²) < 4.78 is 6.72. The summed E-state index contributed by atoms with van der Waals surface area (Å²) >= 11 is 3.43. The maximum absolute atomic E-state index is 12.7. The molecule has 1 N–H and O–H groups in total. The maximum Gasteiger partial charge on any atom is 0.256 e. The molecule has 4 nitrogen and oxygen atoms in total. The van der Waals surface area contributed by atoms with Crippen LogP contribution in [0.5, 0.6) is 0 Å². The molecule has 0 fully saturated rings. The number of nitrogens with zero attached hydrogens (tertiary/aromatic N) is 1. The van der Waals surface area contributed by atoms with Crippen LogP contribution in [-0.2, 0) is 0 Å². The smallest absolute Gasteiger partial charge is 0.256 e. The molecule has 0 aliphatic heterocycles. The Bertz CT molecular complexity index is 1210.